The van der Waals surface area contributed by atoms with Crippen LogP contribution in [0.2, 0.25) is 5.15 Å². The molecule has 1 saturated heterocycles. The molecule has 1 unspecified atom stereocenters. The molecule has 0 amide bonds. The summed E-state index contributed by atoms with van der Waals surface area (Å²) in [7, 11) is 0. The van der Waals surface area contributed by atoms with Crippen molar-refractivity contribution in [3.8, 4) is 0 Å². The van der Waals surface area contributed by atoms with Crippen molar-refractivity contribution in [3.63, 3.8) is 0 Å². The van der Waals surface area contributed by atoms with E-state index in [1.807, 2.05) is 0 Å². The van der Waals surface area contributed by atoms with Crippen LogP contribution < -0.4 is 4.90 Å². The maximum absolute atomic E-state index is 6.11. The molecular formula is C14H21Cl2N3. The third-order valence-electron chi connectivity index (χ3n) is 4.02. The summed E-state index contributed by atoms with van der Waals surface area (Å²) in [6.45, 7) is 6.68. The number of hydrogen-bond donors (Lipinski definition) is 0. The second-order valence-corrected chi connectivity index (χ2v) is 6.15. The summed E-state index contributed by atoms with van der Waals surface area (Å²) in [5, 5.41) is 0.477. The minimum Gasteiger partial charge on any atom is -0.356 e. The fourth-order valence-electron chi connectivity index (χ4n) is 2.77. The predicted molar refractivity (Wildman–Crippen MR) is 81.0 cm³/mol. The molecule has 1 fully saturated rings. The van der Waals surface area contributed by atoms with Gasteiger partial charge in [0.25, 0.3) is 0 Å². The number of hydrogen-bond acceptors (Lipinski definition) is 3. The first-order valence-electron chi connectivity index (χ1n) is 6.93. The van der Waals surface area contributed by atoms with Gasteiger partial charge in [0.05, 0.1) is 5.88 Å². The lowest BCUT2D eigenvalue weighted by Crippen LogP contribution is -2.26. The summed E-state index contributed by atoms with van der Waals surface area (Å²) in [6.07, 6.45) is 5.23. The second kappa shape index (κ2) is 6.76. The highest BCUT2D eigenvalue weighted by atomic mass is 35.5. The summed E-state index contributed by atoms with van der Waals surface area (Å²) in [6, 6.07) is 0. The van der Waals surface area contributed by atoms with Gasteiger partial charge in [-0.05, 0) is 31.1 Å². The number of nitrogens with zero attached hydrogens (tertiary/aromatic N) is 3. The van der Waals surface area contributed by atoms with Crippen molar-refractivity contribution in [2.75, 3.05) is 18.0 Å². The van der Waals surface area contributed by atoms with E-state index in [2.05, 4.69) is 28.7 Å². The van der Waals surface area contributed by atoms with E-state index >= 15 is 0 Å². The lowest BCUT2D eigenvalue weighted by Gasteiger charge is -2.24. The SMILES string of the molecule is CC(C)C1CCCN(c2ncnc(Cl)c2CCl)CC1. The largest absolute Gasteiger partial charge is 0.356 e. The van der Waals surface area contributed by atoms with E-state index in [4.69, 9.17) is 23.2 Å². The maximum atomic E-state index is 6.11. The van der Waals surface area contributed by atoms with E-state index in [0.29, 0.717) is 11.0 Å². The third-order valence-corrected chi connectivity index (χ3v) is 4.61. The fourth-order valence-corrected chi connectivity index (χ4v) is 3.28. The molecule has 1 aliphatic heterocycles. The van der Waals surface area contributed by atoms with Gasteiger partial charge >= 0.3 is 0 Å². The lowest BCUT2D eigenvalue weighted by molar-refractivity contribution is 0.351. The second-order valence-electron chi connectivity index (χ2n) is 5.52. The Balaban J connectivity index is 2.16. The van der Waals surface area contributed by atoms with Gasteiger partial charge in [0.2, 0.25) is 0 Å². The number of halogens is 2. The zero-order valence-electron chi connectivity index (χ0n) is 11.6. The first kappa shape index (κ1) is 14.9. The van der Waals surface area contributed by atoms with Crippen LogP contribution in [0.3, 0.4) is 0 Å². The van der Waals surface area contributed by atoms with Crippen LogP contribution in [0.15, 0.2) is 6.33 Å². The highest BCUT2D eigenvalue weighted by molar-refractivity contribution is 6.31. The molecule has 0 aliphatic carbocycles. The Morgan fingerprint density at radius 1 is 1.32 bits per heavy atom. The van der Waals surface area contributed by atoms with E-state index in [0.717, 1.165) is 36.3 Å². The summed E-state index contributed by atoms with van der Waals surface area (Å²) in [5.74, 6) is 2.83. The van der Waals surface area contributed by atoms with Gasteiger partial charge in [-0.2, -0.15) is 0 Å². The quantitative estimate of drug-likeness (QED) is 0.621. The average Bonchev–Trinajstić information content (AvgIpc) is 2.64. The van der Waals surface area contributed by atoms with Crippen LogP contribution >= 0.6 is 23.2 Å². The van der Waals surface area contributed by atoms with Gasteiger partial charge in [0.15, 0.2) is 0 Å². The van der Waals surface area contributed by atoms with Crippen LogP contribution in [0.1, 0.15) is 38.7 Å². The molecule has 1 aliphatic rings. The monoisotopic (exact) mass is 301 g/mol. The Morgan fingerprint density at radius 3 is 2.79 bits per heavy atom. The van der Waals surface area contributed by atoms with Gasteiger partial charge in [-0.3, -0.25) is 0 Å². The molecule has 1 aromatic rings. The van der Waals surface area contributed by atoms with Crippen LogP contribution in [-0.4, -0.2) is 23.1 Å². The first-order chi connectivity index (χ1) is 9.13. The molecule has 19 heavy (non-hydrogen) atoms. The topological polar surface area (TPSA) is 29.0 Å². The molecule has 1 aromatic heterocycles. The lowest BCUT2D eigenvalue weighted by atomic mass is 9.89. The van der Waals surface area contributed by atoms with Crippen LogP contribution in [0.25, 0.3) is 0 Å². The summed E-state index contributed by atoms with van der Waals surface area (Å²) in [5.41, 5.74) is 0.855. The van der Waals surface area contributed by atoms with Crippen LogP contribution in [0.4, 0.5) is 5.82 Å². The standard InChI is InChI=1S/C14H21Cl2N3/c1-10(2)11-4-3-6-19(7-5-11)14-12(8-15)13(16)17-9-18-14/h9-11H,3-8H2,1-2H3. The van der Waals surface area contributed by atoms with Gasteiger partial charge in [-0.15, -0.1) is 11.6 Å². The molecule has 1 atom stereocenters. The van der Waals surface area contributed by atoms with Crippen molar-refractivity contribution in [2.45, 2.75) is 39.0 Å². The third kappa shape index (κ3) is 3.51. The predicted octanol–water partition coefficient (Wildman–Crippen LogP) is 4.13. The zero-order valence-corrected chi connectivity index (χ0v) is 13.1. The van der Waals surface area contributed by atoms with Crippen molar-refractivity contribution in [2.24, 2.45) is 11.8 Å². The Morgan fingerprint density at radius 2 is 2.11 bits per heavy atom. The van der Waals surface area contributed by atoms with E-state index in [9.17, 15) is 0 Å². The zero-order chi connectivity index (χ0) is 13.8. The molecule has 0 aromatic carbocycles. The number of rotatable bonds is 3. The van der Waals surface area contributed by atoms with Gasteiger partial charge in [-0.1, -0.05) is 25.4 Å². The minimum absolute atomic E-state index is 0.360. The highest BCUT2D eigenvalue weighted by Crippen LogP contribution is 2.30. The number of alkyl halides is 1. The Labute approximate surface area is 125 Å². The average molecular weight is 302 g/mol. The van der Waals surface area contributed by atoms with E-state index < -0.39 is 0 Å². The smallest absolute Gasteiger partial charge is 0.138 e. The summed E-state index contributed by atoms with van der Waals surface area (Å²) in [4.78, 5) is 10.7. The van der Waals surface area contributed by atoms with E-state index in [1.54, 1.807) is 0 Å². The van der Waals surface area contributed by atoms with Gasteiger partial charge in [-0.25, -0.2) is 9.97 Å². The van der Waals surface area contributed by atoms with Crippen molar-refractivity contribution >= 4 is 29.0 Å². The fraction of sp³-hybridized carbons (Fsp3) is 0.714. The molecule has 5 heteroatoms. The molecule has 0 spiro atoms. The first-order valence-corrected chi connectivity index (χ1v) is 7.85. The van der Waals surface area contributed by atoms with Crippen molar-refractivity contribution in [1.29, 1.82) is 0 Å². The highest BCUT2D eigenvalue weighted by Gasteiger charge is 2.22. The van der Waals surface area contributed by atoms with Crippen molar-refractivity contribution < 1.29 is 0 Å². The van der Waals surface area contributed by atoms with Crippen molar-refractivity contribution in [1.82, 2.24) is 9.97 Å². The minimum atomic E-state index is 0.360. The molecule has 106 valence electrons. The van der Waals surface area contributed by atoms with Crippen LogP contribution in [0.5, 0.6) is 0 Å². The van der Waals surface area contributed by atoms with Crippen molar-refractivity contribution in [3.05, 3.63) is 17.0 Å². The molecule has 2 heterocycles. The molecule has 0 saturated carbocycles. The van der Waals surface area contributed by atoms with E-state index in [1.165, 1.54) is 25.6 Å². The van der Waals surface area contributed by atoms with Gasteiger partial charge in [0, 0.05) is 18.7 Å². The number of aromatic nitrogens is 2. The Kier molecular flexibility index (Phi) is 5.28. The Hall–Kier alpha value is -0.540. The number of anilines is 1. The van der Waals surface area contributed by atoms with Crippen LogP contribution in [-0.2, 0) is 5.88 Å². The normalized spacial score (nSPS) is 20.7. The molecule has 2 rings (SSSR count). The summed E-state index contributed by atoms with van der Waals surface area (Å²) >= 11 is 12.1. The van der Waals surface area contributed by atoms with E-state index in [-0.39, 0.29) is 0 Å². The maximum Gasteiger partial charge on any atom is 0.138 e. The molecular weight excluding hydrogens is 281 g/mol. The summed E-state index contributed by atoms with van der Waals surface area (Å²) < 4.78 is 0. The van der Waals surface area contributed by atoms with Crippen LogP contribution in [0, 0.1) is 11.8 Å². The molecule has 0 radical (unpaired) electrons. The molecule has 3 nitrogen and oxygen atoms in total. The van der Waals surface area contributed by atoms with Gasteiger partial charge < -0.3 is 4.90 Å². The van der Waals surface area contributed by atoms with Gasteiger partial charge in [0.1, 0.15) is 17.3 Å². The molecule has 0 N–H and O–H groups in total. The molecule has 0 bridgehead atoms. The Bertz CT molecular complexity index is 423.